The lowest BCUT2D eigenvalue weighted by molar-refractivity contribution is -0.158. The first-order valence-corrected chi connectivity index (χ1v) is 11.9. The normalized spacial score (nSPS) is 13.6. The lowest BCUT2D eigenvalue weighted by Crippen LogP contribution is -2.47. The molecule has 0 aliphatic rings. The van der Waals surface area contributed by atoms with Gasteiger partial charge in [-0.3, -0.25) is 8.98 Å². The van der Waals surface area contributed by atoms with Crippen molar-refractivity contribution in [2.75, 3.05) is 18.9 Å². The molecule has 0 fully saturated rings. The molecule has 0 saturated carbocycles. The van der Waals surface area contributed by atoms with Crippen LogP contribution in [0.25, 0.3) is 0 Å². The summed E-state index contributed by atoms with van der Waals surface area (Å²) in [6.45, 7) is 4.02. The number of amides is 1. The number of aliphatic hydroxyl groups excluding tert-OH is 1. The van der Waals surface area contributed by atoms with Gasteiger partial charge in [-0.25, -0.2) is 9.59 Å². The number of carboxylic acids is 1. The van der Waals surface area contributed by atoms with Crippen LogP contribution in [0.4, 0.5) is 4.79 Å². The smallest absolute Gasteiger partial charge is 0.479 e. The maximum absolute atomic E-state index is 12.4. The lowest BCUT2D eigenvalue weighted by Gasteiger charge is -2.35. The van der Waals surface area contributed by atoms with Crippen LogP contribution in [0.15, 0.2) is 30.3 Å². The second kappa shape index (κ2) is 13.1. The van der Waals surface area contributed by atoms with E-state index in [-0.39, 0.29) is 38.3 Å². The highest BCUT2D eigenvalue weighted by Crippen LogP contribution is 2.32. The molecule has 1 unspecified atom stereocenters. The fraction of sp³-hybridized carbons (Fsp3) is 0.571. The van der Waals surface area contributed by atoms with E-state index in [0.717, 1.165) is 0 Å². The largest absolute Gasteiger partial charge is 0.513 e. The Bertz CT molecular complexity index is 886. The zero-order chi connectivity index (χ0) is 25.1. The molecule has 11 nitrogen and oxygen atoms in total. The van der Waals surface area contributed by atoms with E-state index < -0.39 is 45.6 Å². The van der Waals surface area contributed by atoms with Crippen molar-refractivity contribution in [3.8, 4) is 5.75 Å². The van der Waals surface area contributed by atoms with Gasteiger partial charge in [0.05, 0.1) is 18.5 Å². The van der Waals surface area contributed by atoms with Gasteiger partial charge < -0.3 is 25.0 Å². The molecule has 12 heteroatoms. The van der Waals surface area contributed by atoms with Gasteiger partial charge in [-0.15, -0.1) is 0 Å². The highest BCUT2D eigenvalue weighted by molar-refractivity contribution is 7.86. The Balaban J connectivity index is 2.71. The maximum Gasteiger partial charge on any atom is 0.513 e. The second-order valence-corrected chi connectivity index (χ2v) is 9.62. The predicted molar refractivity (Wildman–Crippen MR) is 117 cm³/mol. The predicted octanol–water partition coefficient (Wildman–Crippen LogP) is 1.70. The summed E-state index contributed by atoms with van der Waals surface area (Å²) >= 11 is 0. The van der Waals surface area contributed by atoms with Crippen LogP contribution in [0.2, 0.25) is 0 Å². The Kier molecular flexibility index (Phi) is 11.3. The molecule has 1 amide bonds. The van der Waals surface area contributed by atoms with E-state index in [2.05, 4.69) is 5.32 Å². The number of carbonyl (C=O) groups is 3. The van der Waals surface area contributed by atoms with Gasteiger partial charge in [-0.2, -0.15) is 8.42 Å². The molecule has 0 heterocycles. The SMILES string of the molecule is CC(=O)NCCCS(=O)(=O)OC(CCCOC(=O)Oc1ccccc1)C(C)(C)[C@@H](O)C(=O)O. The van der Waals surface area contributed by atoms with Crippen molar-refractivity contribution in [3.05, 3.63) is 30.3 Å². The molecule has 1 aromatic carbocycles. The zero-order valence-corrected chi connectivity index (χ0v) is 19.7. The topological polar surface area (TPSA) is 166 Å². The third-order valence-corrected chi connectivity index (χ3v) is 6.07. The van der Waals surface area contributed by atoms with E-state index >= 15 is 0 Å². The van der Waals surface area contributed by atoms with E-state index in [1.807, 2.05) is 0 Å². The maximum atomic E-state index is 12.4. The van der Waals surface area contributed by atoms with Crippen molar-refractivity contribution in [1.82, 2.24) is 5.32 Å². The van der Waals surface area contributed by atoms with Crippen molar-refractivity contribution in [3.63, 3.8) is 0 Å². The summed E-state index contributed by atoms with van der Waals surface area (Å²) in [4.78, 5) is 34.0. The van der Waals surface area contributed by atoms with E-state index in [0.29, 0.717) is 5.75 Å². The van der Waals surface area contributed by atoms with Gasteiger partial charge >= 0.3 is 12.1 Å². The van der Waals surface area contributed by atoms with Gasteiger partial charge in [0.1, 0.15) is 5.75 Å². The molecule has 186 valence electrons. The number of aliphatic hydroxyl groups is 1. The molecule has 3 N–H and O–H groups in total. The summed E-state index contributed by atoms with van der Waals surface area (Å²) < 4.78 is 40.0. The van der Waals surface area contributed by atoms with Crippen molar-refractivity contribution in [2.24, 2.45) is 5.41 Å². The van der Waals surface area contributed by atoms with Crippen LogP contribution in [0.5, 0.6) is 5.75 Å². The summed E-state index contributed by atoms with van der Waals surface area (Å²) in [7, 11) is -4.10. The molecule has 1 aromatic rings. The molecule has 0 aromatic heterocycles. The number of carbonyl (C=O) groups excluding carboxylic acids is 2. The molecule has 33 heavy (non-hydrogen) atoms. The summed E-state index contributed by atoms with van der Waals surface area (Å²) in [6, 6.07) is 8.24. The van der Waals surface area contributed by atoms with Crippen LogP contribution in [0.3, 0.4) is 0 Å². The van der Waals surface area contributed by atoms with Gasteiger partial charge in [0.15, 0.2) is 6.10 Å². The minimum atomic E-state index is -4.10. The van der Waals surface area contributed by atoms with Gasteiger partial charge in [-0.1, -0.05) is 32.0 Å². The van der Waals surface area contributed by atoms with Crippen molar-refractivity contribution >= 4 is 28.1 Å². The summed E-state index contributed by atoms with van der Waals surface area (Å²) in [5.41, 5.74) is -1.49. The van der Waals surface area contributed by atoms with Gasteiger partial charge in [0.2, 0.25) is 5.91 Å². The number of rotatable bonds is 14. The monoisotopic (exact) mass is 489 g/mol. The van der Waals surface area contributed by atoms with E-state index in [9.17, 15) is 33.0 Å². The third kappa shape index (κ3) is 10.6. The first-order valence-electron chi connectivity index (χ1n) is 10.3. The van der Waals surface area contributed by atoms with E-state index in [4.69, 9.17) is 13.7 Å². The Morgan fingerprint density at radius 3 is 2.33 bits per heavy atom. The summed E-state index contributed by atoms with van der Waals surface area (Å²) in [5, 5.41) is 21.7. The highest BCUT2D eigenvalue weighted by atomic mass is 32.2. The van der Waals surface area contributed by atoms with Gasteiger partial charge in [-0.05, 0) is 31.4 Å². The molecule has 0 saturated heterocycles. The molecule has 2 atom stereocenters. The summed E-state index contributed by atoms with van der Waals surface area (Å²) in [5.74, 6) is -1.95. The first kappa shape index (κ1) is 28.3. The Hall–Kier alpha value is -2.70. The summed E-state index contributed by atoms with van der Waals surface area (Å²) in [6.07, 6.45) is -3.89. The molecule has 0 bridgehead atoms. The second-order valence-electron chi connectivity index (χ2n) is 7.90. The average Bonchev–Trinajstić information content (AvgIpc) is 2.73. The molecule has 1 rings (SSSR count). The van der Waals surface area contributed by atoms with E-state index in [1.165, 1.54) is 20.8 Å². The molecule has 0 radical (unpaired) electrons. The van der Waals surface area contributed by atoms with Crippen LogP contribution in [0.1, 0.15) is 40.0 Å². The number of carboxylic acid groups (broad SMARTS) is 1. The minimum Gasteiger partial charge on any atom is -0.479 e. The van der Waals surface area contributed by atoms with Crippen molar-refractivity contribution in [2.45, 2.75) is 52.2 Å². The fourth-order valence-corrected chi connectivity index (χ4v) is 4.11. The van der Waals surface area contributed by atoms with Crippen LogP contribution < -0.4 is 10.1 Å². The Labute approximate surface area is 193 Å². The first-order chi connectivity index (χ1) is 15.3. The molecule has 0 aliphatic carbocycles. The molecular formula is C21H31NO10S. The number of ether oxygens (including phenoxy) is 2. The number of hydrogen-bond donors (Lipinski definition) is 3. The molecule has 0 aliphatic heterocycles. The molecule has 0 spiro atoms. The highest BCUT2D eigenvalue weighted by Gasteiger charge is 2.43. The number of nitrogens with one attached hydrogen (secondary N) is 1. The van der Waals surface area contributed by atoms with Crippen LogP contribution in [0, 0.1) is 5.41 Å². The Morgan fingerprint density at radius 2 is 1.76 bits per heavy atom. The molecular weight excluding hydrogens is 458 g/mol. The number of aliphatic carboxylic acids is 1. The number of benzene rings is 1. The lowest BCUT2D eigenvalue weighted by atomic mass is 9.79. The zero-order valence-electron chi connectivity index (χ0n) is 18.9. The van der Waals surface area contributed by atoms with Crippen LogP contribution in [-0.4, -0.2) is 67.8 Å². The fourth-order valence-electron chi connectivity index (χ4n) is 2.82. The number of hydrogen-bond acceptors (Lipinski definition) is 9. The average molecular weight is 490 g/mol. The van der Waals surface area contributed by atoms with Gasteiger partial charge in [0, 0.05) is 18.9 Å². The third-order valence-electron chi connectivity index (χ3n) is 4.75. The van der Waals surface area contributed by atoms with Crippen LogP contribution in [-0.2, 0) is 28.6 Å². The van der Waals surface area contributed by atoms with Crippen molar-refractivity contribution < 1.29 is 46.7 Å². The Morgan fingerprint density at radius 1 is 1.12 bits per heavy atom. The number of para-hydroxylation sites is 1. The van der Waals surface area contributed by atoms with Crippen molar-refractivity contribution in [1.29, 1.82) is 0 Å². The van der Waals surface area contributed by atoms with Crippen LogP contribution >= 0.6 is 0 Å². The van der Waals surface area contributed by atoms with Gasteiger partial charge in [0.25, 0.3) is 10.1 Å². The van der Waals surface area contributed by atoms with E-state index in [1.54, 1.807) is 30.3 Å². The standard InChI is InChI=1S/C21H31NO10S/c1-15(23)22-12-8-14-33(28,29)32-17(21(2,3)18(24)19(25)26)11-7-13-30-20(27)31-16-9-5-4-6-10-16/h4-6,9-10,17-18,24H,7-8,11-14H2,1-3H3,(H,22,23)(H,25,26)/t17?,18-/m0/s1. The minimum absolute atomic E-state index is 0.0269. The quantitative estimate of drug-likeness (QED) is 0.151.